The van der Waals surface area contributed by atoms with Crippen LogP contribution in [0.5, 0.6) is 5.75 Å². The van der Waals surface area contributed by atoms with E-state index in [1.54, 1.807) is 30.3 Å². The van der Waals surface area contributed by atoms with Crippen LogP contribution in [0.3, 0.4) is 0 Å². The molecule has 1 unspecified atom stereocenters. The van der Waals surface area contributed by atoms with Crippen LogP contribution in [-0.4, -0.2) is 38.1 Å². The molecule has 4 nitrogen and oxygen atoms in total. The van der Waals surface area contributed by atoms with Gasteiger partial charge in [0.1, 0.15) is 12.4 Å². The van der Waals surface area contributed by atoms with Crippen LogP contribution in [-0.2, 0) is 0 Å². The van der Waals surface area contributed by atoms with Gasteiger partial charge in [-0.3, -0.25) is 4.79 Å². The van der Waals surface area contributed by atoms with E-state index in [4.69, 9.17) is 4.74 Å². The Morgan fingerprint density at radius 2 is 1.83 bits per heavy atom. The Morgan fingerprint density at radius 3 is 2.42 bits per heavy atom. The molecule has 0 spiro atoms. The van der Waals surface area contributed by atoms with Crippen molar-refractivity contribution < 1.29 is 9.53 Å². The van der Waals surface area contributed by atoms with Gasteiger partial charge in [0.2, 0.25) is 0 Å². The van der Waals surface area contributed by atoms with E-state index in [0.717, 1.165) is 17.9 Å². The normalized spacial score (nSPS) is 11.8. The number of benzene rings is 2. The highest BCUT2D eigenvalue weighted by atomic mass is 16.5. The van der Waals surface area contributed by atoms with Gasteiger partial charge in [-0.05, 0) is 43.9 Å². The monoisotopic (exact) mass is 324 g/mol. The fourth-order valence-corrected chi connectivity index (χ4v) is 2.38. The Balaban J connectivity index is 2.08. The lowest BCUT2D eigenvalue weighted by Gasteiger charge is -2.23. The molecule has 0 fully saturated rings. The van der Waals surface area contributed by atoms with Crippen LogP contribution in [0.4, 0.5) is 0 Å². The van der Waals surface area contributed by atoms with E-state index < -0.39 is 0 Å². The molecule has 0 aromatic heterocycles. The first kappa shape index (κ1) is 17.8. The summed E-state index contributed by atoms with van der Waals surface area (Å²) in [4.78, 5) is 14.6. The zero-order valence-electron chi connectivity index (χ0n) is 14.2. The Labute approximate surface area is 143 Å². The molecule has 2 rings (SSSR count). The molecular formula is C20H24N2O2. The molecule has 0 aliphatic carbocycles. The molecule has 0 aliphatic heterocycles. The predicted molar refractivity (Wildman–Crippen MR) is 97.3 cm³/mol. The molecule has 1 N–H and O–H groups in total. The highest BCUT2D eigenvalue weighted by Gasteiger charge is 2.16. The second-order valence-corrected chi connectivity index (χ2v) is 5.82. The number of hydrogen-bond donors (Lipinski definition) is 1. The molecule has 0 bridgehead atoms. The van der Waals surface area contributed by atoms with Crippen molar-refractivity contribution in [1.29, 1.82) is 0 Å². The van der Waals surface area contributed by atoms with Gasteiger partial charge < -0.3 is 15.0 Å². The molecule has 0 saturated carbocycles. The van der Waals surface area contributed by atoms with Crippen LogP contribution in [0.25, 0.3) is 0 Å². The van der Waals surface area contributed by atoms with Gasteiger partial charge >= 0.3 is 0 Å². The number of nitrogens with one attached hydrogen (secondary N) is 1. The number of amides is 1. The van der Waals surface area contributed by atoms with E-state index >= 15 is 0 Å². The molecular weight excluding hydrogens is 300 g/mol. The Hall–Kier alpha value is -2.59. The molecule has 0 aliphatic rings. The molecule has 2 aromatic carbocycles. The molecule has 1 atom stereocenters. The summed E-state index contributed by atoms with van der Waals surface area (Å²) in [6.45, 7) is 4.79. The number of carbonyl (C=O) groups excluding carboxylic acids is 1. The lowest BCUT2D eigenvalue weighted by molar-refractivity contribution is 0.0930. The summed E-state index contributed by atoms with van der Waals surface area (Å²) >= 11 is 0. The summed E-state index contributed by atoms with van der Waals surface area (Å²) < 4.78 is 5.44. The van der Waals surface area contributed by atoms with Gasteiger partial charge in [-0.1, -0.05) is 43.0 Å². The summed E-state index contributed by atoms with van der Waals surface area (Å²) in [5, 5.41) is 3.11. The van der Waals surface area contributed by atoms with Crippen LogP contribution >= 0.6 is 0 Å². The minimum Gasteiger partial charge on any atom is -0.490 e. The van der Waals surface area contributed by atoms with Gasteiger partial charge in [-0.25, -0.2) is 0 Å². The van der Waals surface area contributed by atoms with Crippen LogP contribution in [0, 0.1) is 0 Å². The zero-order valence-corrected chi connectivity index (χ0v) is 14.2. The van der Waals surface area contributed by atoms with Gasteiger partial charge in [-0.15, -0.1) is 0 Å². The predicted octanol–water partition coefficient (Wildman–Crippen LogP) is 3.28. The van der Waals surface area contributed by atoms with Crippen molar-refractivity contribution in [3.63, 3.8) is 0 Å². The Bertz CT molecular complexity index is 651. The van der Waals surface area contributed by atoms with Gasteiger partial charge in [0.25, 0.3) is 5.91 Å². The highest BCUT2D eigenvalue weighted by molar-refractivity contribution is 5.94. The molecule has 24 heavy (non-hydrogen) atoms. The number of rotatable bonds is 8. The number of carbonyl (C=O) groups is 1. The van der Waals surface area contributed by atoms with E-state index in [0.29, 0.717) is 12.2 Å². The van der Waals surface area contributed by atoms with Crippen molar-refractivity contribution in [1.82, 2.24) is 10.2 Å². The maximum atomic E-state index is 12.5. The standard InChI is InChI=1S/C20H24N2O2/c1-4-14-24-18-12-10-17(11-13-18)20(23)21-19(15-22(2)3)16-8-6-5-7-9-16/h4-13,19H,1,14-15H2,2-3H3,(H,21,23). The SMILES string of the molecule is C=CCOc1ccc(C(=O)NC(CN(C)C)c2ccccc2)cc1. The zero-order chi connectivity index (χ0) is 17.4. The smallest absolute Gasteiger partial charge is 0.251 e. The largest absolute Gasteiger partial charge is 0.490 e. The number of nitrogens with zero attached hydrogens (tertiary/aromatic N) is 1. The second-order valence-electron chi connectivity index (χ2n) is 5.82. The Kier molecular flexibility index (Phi) is 6.58. The highest BCUT2D eigenvalue weighted by Crippen LogP contribution is 2.16. The fourth-order valence-electron chi connectivity index (χ4n) is 2.38. The first-order chi connectivity index (χ1) is 11.6. The van der Waals surface area contributed by atoms with E-state index in [9.17, 15) is 4.79 Å². The summed E-state index contributed by atoms with van der Waals surface area (Å²) in [5.41, 5.74) is 1.70. The van der Waals surface area contributed by atoms with Crippen LogP contribution in [0.15, 0.2) is 67.3 Å². The third-order valence-electron chi connectivity index (χ3n) is 3.54. The minimum absolute atomic E-state index is 0.0645. The average Bonchev–Trinajstić information content (AvgIpc) is 2.60. The van der Waals surface area contributed by atoms with Gasteiger partial charge in [-0.2, -0.15) is 0 Å². The molecule has 1 amide bonds. The summed E-state index contributed by atoms with van der Waals surface area (Å²) in [6.07, 6.45) is 1.69. The second kappa shape index (κ2) is 8.89. The van der Waals surface area contributed by atoms with Crippen molar-refractivity contribution >= 4 is 5.91 Å². The van der Waals surface area contributed by atoms with Crippen molar-refractivity contribution in [2.45, 2.75) is 6.04 Å². The van der Waals surface area contributed by atoms with E-state index in [1.165, 1.54) is 0 Å². The molecule has 0 radical (unpaired) electrons. The molecule has 0 heterocycles. The first-order valence-electron chi connectivity index (χ1n) is 7.94. The topological polar surface area (TPSA) is 41.6 Å². The van der Waals surface area contributed by atoms with Crippen molar-refractivity contribution in [2.75, 3.05) is 27.2 Å². The van der Waals surface area contributed by atoms with Crippen LogP contribution in [0.1, 0.15) is 22.0 Å². The van der Waals surface area contributed by atoms with Crippen LogP contribution in [0.2, 0.25) is 0 Å². The summed E-state index contributed by atoms with van der Waals surface area (Å²) in [7, 11) is 3.99. The van der Waals surface area contributed by atoms with Crippen molar-refractivity contribution in [2.24, 2.45) is 0 Å². The third-order valence-corrected chi connectivity index (χ3v) is 3.54. The molecule has 0 saturated heterocycles. The number of likely N-dealkylation sites (N-methyl/N-ethyl adjacent to an activating group) is 1. The molecule has 126 valence electrons. The maximum absolute atomic E-state index is 12.5. The average molecular weight is 324 g/mol. The maximum Gasteiger partial charge on any atom is 0.251 e. The first-order valence-corrected chi connectivity index (χ1v) is 7.94. The van der Waals surface area contributed by atoms with E-state index in [-0.39, 0.29) is 11.9 Å². The van der Waals surface area contributed by atoms with Crippen molar-refractivity contribution in [3.8, 4) is 5.75 Å². The van der Waals surface area contributed by atoms with Crippen molar-refractivity contribution in [3.05, 3.63) is 78.4 Å². The Morgan fingerprint density at radius 1 is 1.17 bits per heavy atom. The number of ether oxygens (including phenoxy) is 1. The quantitative estimate of drug-likeness (QED) is 0.758. The van der Waals surface area contributed by atoms with E-state index in [1.807, 2.05) is 44.4 Å². The number of hydrogen-bond acceptors (Lipinski definition) is 3. The lowest BCUT2D eigenvalue weighted by Crippen LogP contribution is -2.35. The fraction of sp³-hybridized carbons (Fsp3) is 0.250. The van der Waals surface area contributed by atoms with Gasteiger partial charge in [0.05, 0.1) is 6.04 Å². The summed E-state index contributed by atoms with van der Waals surface area (Å²) in [5.74, 6) is 0.625. The minimum atomic E-state index is -0.0963. The summed E-state index contributed by atoms with van der Waals surface area (Å²) in [6, 6.07) is 17.1. The lowest BCUT2D eigenvalue weighted by atomic mass is 10.1. The van der Waals surface area contributed by atoms with Gasteiger partial charge in [0, 0.05) is 12.1 Å². The molecule has 2 aromatic rings. The van der Waals surface area contributed by atoms with E-state index in [2.05, 4.69) is 16.8 Å². The molecule has 4 heteroatoms. The third kappa shape index (κ3) is 5.25. The van der Waals surface area contributed by atoms with Crippen LogP contribution < -0.4 is 10.1 Å². The van der Waals surface area contributed by atoms with Gasteiger partial charge in [0.15, 0.2) is 0 Å².